The van der Waals surface area contributed by atoms with Crippen LogP contribution >= 0.6 is 0 Å². The fourth-order valence-electron chi connectivity index (χ4n) is 2.53. The molecule has 2 heteroatoms. The normalized spacial score (nSPS) is 16.3. The lowest BCUT2D eigenvalue weighted by molar-refractivity contribution is 0.183. The van der Waals surface area contributed by atoms with Gasteiger partial charge in [0.15, 0.2) is 0 Å². The molecule has 19 heavy (non-hydrogen) atoms. The number of benzene rings is 1. The van der Waals surface area contributed by atoms with Crippen molar-refractivity contribution in [1.29, 1.82) is 0 Å². The molecule has 0 unspecified atom stereocenters. The van der Waals surface area contributed by atoms with Crippen LogP contribution in [0.2, 0.25) is 0 Å². The van der Waals surface area contributed by atoms with Gasteiger partial charge in [-0.15, -0.1) is 0 Å². The molecular formula is C17H23NO. The molecule has 2 nitrogen and oxygen atoms in total. The van der Waals surface area contributed by atoms with Gasteiger partial charge in [-0.05, 0) is 50.3 Å². The van der Waals surface area contributed by atoms with Crippen molar-refractivity contribution in [1.82, 2.24) is 0 Å². The van der Waals surface area contributed by atoms with E-state index in [0.717, 1.165) is 24.2 Å². The summed E-state index contributed by atoms with van der Waals surface area (Å²) in [7, 11) is 0. The van der Waals surface area contributed by atoms with Crippen molar-refractivity contribution in [3.63, 3.8) is 0 Å². The van der Waals surface area contributed by atoms with Gasteiger partial charge < -0.3 is 10.5 Å². The molecule has 0 heterocycles. The van der Waals surface area contributed by atoms with E-state index in [4.69, 9.17) is 10.5 Å². The highest BCUT2D eigenvalue weighted by molar-refractivity contribution is 5.48. The zero-order chi connectivity index (χ0) is 13.5. The van der Waals surface area contributed by atoms with Crippen molar-refractivity contribution in [3.8, 4) is 17.6 Å². The molecule has 0 bridgehead atoms. The molecule has 1 aliphatic rings. The third-order valence-corrected chi connectivity index (χ3v) is 3.56. The third kappa shape index (κ3) is 4.29. The molecular weight excluding hydrogens is 234 g/mol. The summed E-state index contributed by atoms with van der Waals surface area (Å²) in [5, 5.41) is 0. The standard InChI is InChI=1S/C17H23NO/c1-14-10-11-17(15(13-14)7-6-12-18)19-16-8-4-2-3-5-9-16/h10-11,13,16H,2-5,8-9,12,18H2,1H3. The van der Waals surface area contributed by atoms with E-state index in [-0.39, 0.29) is 0 Å². The second-order valence-electron chi connectivity index (χ2n) is 5.24. The van der Waals surface area contributed by atoms with Crippen molar-refractivity contribution in [2.75, 3.05) is 6.54 Å². The zero-order valence-electron chi connectivity index (χ0n) is 11.7. The van der Waals surface area contributed by atoms with Crippen LogP contribution in [-0.2, 0) is 0 Å². The lowest BCUT2D eigenvalue weighted by Gasteiger charge is -2.18. The fraction of sp³-hybridized carbons (Fsp3) is 0.529. The van der Waals surface area contributed by atoms with Crippen LogP contribution in [0.1, 0.15) is 49.7 Å². The summed E-state index contributed by atoms with van der Waals surface area (Å²) >= 11 is 0. The lowest BCUT2D eigenvalue weighted by atomic mass is 10.1. The van der Waals surface area contributed by atoms with Crippen LogP contribution < -0.4 is 10.5 Å². The van der Waals surface area contributed by atoms with Crippen molar-refractivity contribution in [2.24, 2.45) is 5.73 Å². The summed E-state index contributed by atoms with van der Waals surface area (Å²) in [5.41, 5.74) is 7.63. The highest BCUT2D eigenvalue weighted by Gasteiger charge is 2.15. The quantitative estimate of drug-likeness (QED) is 0.651. The number of ether oxygens (including phenoxy) is 1. The molecule has 0 radical (unpaired) electrons. The number of rotatable bonds is 2. The minimum atomic E-state index is 0.351. The number of hydrogen-bond donors (Lipinski definition) is 1. The van der Waals surface area contributed by atoms with Gasteiger partial charge in [-0.3, -0.25) is 0 Å². The molecule has 2 rings (SSSR count). The summed E-state index contributed by atoms with van der Waals surface area (Å²) in [4.78, 5) is 0. The van der Waals surface area contributed by atoms with Crippen LogP contribution in [0.25, 0.3) is 0 Å². The van der Waals surface area contributed by atoms with Crippen molar-refractivity contribution >= 4 is 0 Å². The number of nitrogens with two attached hydrogens (primary N) is 1. The first-order chi connectivity index (χ1) is 9.29. The van der Waals surface area contributed by atoms with Crippen LogP contribution in [0.5, 0.6) is 5.75 Å². The fourth-order valence-corrected chi connectivity index (χ4v) is 2.53. The molecule has 1 saturated carbocycles. The van der Waals surface area contributed by atoms with Gasteiger partial charge in [-0.1, -0.05) is 30.7 Å². The number of aryl methyl sites for hydroxylation is 1. The summed E-state index contributed by atoms with van der Waals surface area (Å²) in [6.07, 6.45) is 7.92. The molecule has 0 aliphatic heterocycles. The average Bonchev–Trinajstić information content (AvgIpc) is 2.67. The Morgan fingerprint density at radius 2 is 1.95 bits per heavy atom. The lowest BCUT2D eigenvalue weighted by Crippen LogP contribution is -2.15. The van der Waals surface area contributed by atoms with E-state index in [1.165, 1.54) is 31.2 Å². The zero-order valence-corrected chi connectivity index (χ0v) is 11.7. The molecule has 0 atom stereocenters. The Morgan fingerprint density at radius 1 is 1.21 bits per heavy atom. The van der Waals surface area contributed by atoms with Gasteiger partial charge >= 0.3 is 0 Å². The van der Waals surface area contributed by atoms with Crippen LogP contribution in [-0.4, -0.2) is 12.6 Å². The van der Waals surface area contributed by atoms with E-state index in [2.05, 4.69) is 30.9 Å². The second-order valence-corrected chi connectivity index (χ2v) is 5.24. The summed E-state index contributed by atoms with van der Waals surface area (Å²) in [5.74, 6) is 6.95. The monoisotopic (exact) mass is 257 g/mol. The first kappa shape index (κ1) is 14.0. The largest absolute Gasteiger partial charge is 0.489 e. The van der Waals surface area contributed by atoms with E-state index in [0.29, 0.717) is 12.6 Å². The summed E-state index contributed by atoms with van der Waals surface area (Å²) in [6, 6.07) is 6.20. The first-order valence-corrected chi connectivity index (χ1v) is 7.26. The molecule has 1 aromatic carbocycles. The van der Waals surface area contributed by atoms with Crippen molar-refractivity contribution in [2.45, 2.75) is 51.6 Å². The van der Waals surface area contributed by atoms with E-state index in [9.17, 15) is 0 Å². The highest BCUT2D eigenvalue weighted by Crippen LogP contribution is 2.25. The molecule has 0 saturated heterocycles. The van der Waals surface area contributed by atoms with Gasteiger partial charge in [0.2, 0.25) is 0 Å². The molecule has 2 N–H and O–H groups in total. The Kier molecular flexibility index (Phi) is 5.30. The van der Waals surface area contributed by atoms with Crippen LogP contribution in [0.4, 0.5) is 0 Å². The van der Waals surface area contributed by atoms with Gasteiger partial charge in [-0.25, -0.2) is 0 Å². The Balaban J connectivity index is 2.13. The Morgan fingerprint density at radius 3 is 2.63 bits per heavy atom. The van der Waals surface area contributed by atoms with Crippen molar-refractivity contribution in [3.05, 3.63) is 29.3 Å². The van der Waals surface area contributed by atoms with Crippen LogP contribution in [0.3, 0.4) is 0 Å². The molecule has 1 fully saturated rings. The molecule has 0 amide bonds. The predicted molar refractivity (Wildman–Crippen MR) is 79.2 cm³/mol. The number of hydrogen-bond acceptors (Lipinski definition) is 2. The minimum Gasteiger partial charge on any atom is -0.489 e. The maximum atomic E-state index is 6.18. The molecule has 0 aromatic heterocycles. The van der Waals surface area contributed by atoms with Gasteiger partial charge in [0, 0.05) is 0 Å². The average molecular weight is 257 g/mol. The first-order valence-electron chi connectivity index (χ1n) is 7.26. The van der Waals surface area contributed by atoms with Gasteiger partial charge in [0.1, 0.15) is 5.75 Å². The Bertz CT molecular complexity index is 462. The maximum Gasteiger partial charge on any atom is 0.135 e. The topological polar surface area (TPSA) is 35.2 Å². The van der Waals surface area contributed by atoms with Gasteiger partial charge in [0.05, 0.1) is 18.2 Å². The smallest absolute Gasteiger partial charge is 0.135 e. The Labute approximate surface area is 116 Å². The van der Waals surface area contributed by atoms with E-state index < -0.39 is 0 Å². The van der Waals surface area contributed by atoms with E-state index >= 15 is 0 Å². The SMILES string of the molecule is Cc1ccc(OC2CCCCCC2)c(C#CCN)c1. The molecule has 1 aliphatic carbocycles. The molecule has 102 valence electrons. The second kappa shape index (κ2) is 7.21. The highest BCUT2D eigenvalue weighted by atomic mass is 16.5. The predicted octanol–water partition coefficient (Wildman–Crippen LogP) is 3.41. The van der Waals surface area contributed by atoms with Crippen molar-refractivity contribution < 1.29 is 4.74 Å². The van der Waals surface area contributed by atoms with Gasteiger partial charge in [0.25, 0.3) is 0 Å². The molecule has 0 spiro atoms. The third-order valence-electron chi connectivity index (χ3n) is 3.56. The van der Waals surface area contributed by atoms with E-state index in [1.807, 2.05) is 6.07 Å². The summed E-state index contributed by atoms with van der Waals surface area (Å²) in [6.45, 7) is 2.46. The van der Waals surface area contributed by atoms with Gasteiger partial charge in [-0.2, -0.15) is 0 Å². The summed E-state index contributed by atoms with van der Waals surface area (Å²) < 4.78 is 6.18. The minimum absolute atomic E-state index is 0.351. The molecule has 1 aromatic rings. The Hall–Kier alpha value is -1.46. The van der Waals surface area contributed by atoms with E-state index in [1.54, 1.807) is 0 Å². The van der Waals surface area contributed by atoms with Crippen LogP contribution in [0, 0.1) is 18.8 Å². The maximum absolute atomic E-state index is 6.18. The van der Waals surface area contributed by atoms with Crippen LogP contribution in [0.15, 0.2) is 18.2 Å².